The van der Waals surface area contributed by atoms with E-state index >= 15 is 0 Å². The van der Waals surface area contributed by atoms with Gasteiger partial charge in [-0.25, -0.2) is 4.79 Å². The van der Waals surface area contributed by atoms with Gasteiger partial charge in [-0.1, -0.05) is 18.2 Å². The quantitative estimate of drug-likeness (QED) is 0.683. The van der Waals surface area contributed by atoms with Crippen molar-refractivity contribution in [3.8, 4) is 0 Å². The third-order valence-corrected chi connectivity index (χ3v) is 3.40. The van der Waals surface area contributed by atoms with Crippen molar-refractivity contribution in [3.05, 3.63) is 36.4 Å². The van der Waals surface area contributed by atoms with Crippen molar-refractivity contribution in [1.29, 1.82) is 0 Å². The largest absolute Gasteiger partial charge is 0.452 e. The minimum Gasteiger partial charge on any atom is -0.452 e. The molecular formula is C16H18N2O4. The number of fused-ring (bicyclic) bond motifs is 1. The molecule has 0 saturated heterocycles. The molecule has 1 N–H and O–H groups in total. The number of carbonyl (C=O) groups is 3. The van der Waals surface area contributed by atoms with E-state index in [1.54, 1.807) is 45.0 Å². The van der Waals surface area contributed by atoms with E-state index in [-0.39, 0.29) is 5.91 Å². The molecule has 6 heteroatoms. The Morgan fingerprint density at radius 2 is 2.00 bits per heavy atom. The summed E-state index contributed by atoms with van der Waals surface area (Å²) < 4.78 is 4.89. The zero-order valence-corrected chi connectivity index (χ0v) is 12.8. The molecule has 0 unspecified atom stereocenters. The van der Waals surface area contributed by atoms with E-state index in [0.29, 0.717) is 11.4 Å². The van der Waals surface area contributed by atoms with Gasteiger partial charge in [0.15, 0.2) is 6.61 Å². The first-order valence-corrected chi connectivity index (χ1v) is 6.91. The molecule has 1 heterocycles. The molecule has 0 saturated carbocycles. The smallest absolute Gasteiger partial charge is 0.330 e. The monoisotopic (exact) mass is 302 g/mol. The highest BCUT2D eigenvalue weighted by Crippen LogP contribution is 2.36. The lowest BCUT2D eigenvalue weighted by Crippen LogP contribution is -2.59. The highest BCUT2D eigenvalue weighted by molar-refractivity contribution is 6.14. The van der Waals surface area contributed by atoms with Crippen LogP contribution < -0.4 is 10.2 Å². The van der Waals surface area contributed by atoms with Crippen LogP contribution in [-0.4, -0.2) is 29.9 Å². The van der Waals surface area contributed by atoms with E-state index in [9.17, 15) is 14.4 Å². The van der Waals surface area contributed by atoms with Crippen LogP contribution in [0.1, 0.15) is 20.8 Å². The Hall–Kier alpha value is -2.63. The fourth-order valence-corrected chi connectivity index (χ4v) is 2.28. The number of rotatable bonds is 3. The lowest BCUT2D eigenvalue weighted by molar-refractivity contribution is -0.143. The van der Waals surface area contributed by atoms with Crippen molar-refractivity contribution >= 4 is 29.2 Å². The normalized spacial score (nSPS) is 16.1. The molecule has 0 fully saturated rings. The molecule has 0 bridgehead atoms. The second kappa shape index (κ2) is 6.01. The van der Waals surface area contributed by atoms with Crippen molar-refractivity contribution in [2.75, 3.05) is 16.8 Å². The summed E-state index contributed by atoms with van der Waals surface area (Å²) in [6, 6.07) is 7.00. The van der Waals surface area contributed by atoms with Crippen molar-refractivity contribution in [3.63, 3.8) is 0 Å². The Morgan fingerprint density at radius 1 is 1.32 bits per heavy atom. The van der Waals surface area contributed by atoms with E-state index < -0.39 is 24.0 Å². The topological polar surface area (TPSA) is 75.7 Å². The third kappa shape index (κ3) is 2.86. The number of hydrogen-bond donors (Lipinski definition) is 1. The molecule has 0 aliphatic carbocycles. The van der Waals surface area contributed by atoms with Crippen LogP contribution in [0.25, 0.3) is 0 Å². The second-order valence-electron chi connectivity index (χ2n) is 5.37. The Kier molecular flexibility index (Phi) is 4.30. The number of hydrogen-bond acceptors (Lipinski definition) is 4. The Morgan fingerprint density at radius 3 is 2.68 bits per heavy atom. The average Bonchev–Trinajstić information content (AvgIpc) is 2.46. The number of amides is 2. The number of carbonyl (C=O) groups excluding carboxylic acids is 3. The number of nitrogens with one attached hydrogen (secondary N) is 1. The van der Waals surface area contributed by atoms with Gasteiger partial charge in [0, 0.05) is 6.08 Å². The van der Waals surface area contributed by atoms with Crippen LogP contribution in [-0.2, 0) is 19.1 Å². The number of nitrogens with zero attached hydrogens (tertiary/aromatic N) is 1. The van der Waals surface area contributed by atoms with Crippen LogP contribution in [0.2, 0.25) is 0 Å². The van der Waals surface area contributed by atoms with Gasteiger partial charge in [0.25, 0.3) is 5.91 Å². The molecule has 0 spiro atoms. The van der Waals surface area contributed by atoms with Crippen LogP contribution in [0, 0.1) is 0 Å². The summed E-state index contributed by atoms with van der Waals surface area (Å²) in [4.78, 5) is 37.4. The number of anilines is 2. The summed E-state index contributed by atoms with van der Waals surface area (Å²) in [6.07, 6.45) is 2.76. The zero-order chi connectivity index (χ0) is 16.3. The summed E-state index contributed by atoms with van der Waals surface area (Å²) in [6.45, 7) is 4.54. The molecule has 116 valence electrons. The Balaban J connectivity index is 2.28. The minimum absolute atomic E-state index is 0.292. The average molecular weight is 302 g/mol. The maximum Gasteiger partial charge on any atom is 0.330 e. The van der Waals surface area contributed by atoms with Gasteiger partial charge >= 0.3 is 5.97 Å². The predicted molar refractivity (Wildman–Crippen MR) is 82.4 cm³/mol. The molecule has 0 aromatic heterocycles. The maximum absolute atomic E-state index is 12.5. The standard InChI is InChI=1S/C16H18N2O4/c1-4-7-14(20)22-10-13(19)18-12-9-6-5-8-11(12)17-15(21)16(18,2)3/h4-9H,10H2,1-3H3,(H,17,21)/b7-4+. The first-order chi connectivity index (χ1) is 10.4. The van der Waals surface area contributed by atoms with Crippen LogP contribution in [0.5, 0.6) is 0 Å². The van der Waals surface area contributed by atoms with Gasteiger partial charge in [0.1, 0.15) is 5.54 Å². The Labute approximate surface area is 128 Å². The highest BCUT2D eigenvalue weighted by atomic mass is 16.5. The van der Waals surface area contributed by atoms with E-state index in [2.05, 4.69) is 5.32 Å². The molecule has 0 atom stereocenters. The fraction of sp³-hybridized carbons (Fsp3) is 0.312. The second-order valence-corrected chi connectivity index (χ2v) is 5.37. The molecule has 2 rings (SSSR count). The van der Waals surface area contributed by atoms with Crippen LogP contribution in [0.15, 0.2) is 36.4 Å². The fourth-order valence-electron chi connectivity index (χ4n) is 2.28. The zero-order valence-electron chi connectivity index (χ0n) is 12.8. The van der Waals surface area contributed by atoms with Crippen molar-refractivity contribution in [2.45, 2.75) is 26.3 Å². The van der Waals surface area contributed by atoms with Crippen molar-refractivity contribution in [1.82, 2.24) is 0 Å². The van der Waals surface area contributed by atoms with Gasteiger partial charge in [0.2, 0.25) is 5.91 Å². The van der Waals surface area contributed by atoms with Gasteiger partial charge in [-0.15, -0.1) is 0 Å². The maximum atomic E-state index is 12.5. The van der Waals surface area contributed by atoms with Crippen molar-refractivity contribution < 1.29 is 19.1 Å². The van der Waals surface area contributed by atoms with E-state index in [4.69, 9.17) is 4.74 Å². The van der Waals surface area contributed by atoms with Crippen LogP contribution in [0.4, 0.5) is 11.4 Å². The molecule has 1 aliphatic heterocycles. The van der Waals surface area contributed by atoms with Crippen molar-refractivity contribution in [2.24, 2.45) is 0 Å². The summed E-state index contributed by atoms with van der Waals surface area (Å²) in [5.41, 5.74) is 0.0671. The summed E-state index contributed by atoms with van der Waals surface area (Å²) in [5.74, 6) is -1.34. The summed E-state index contributed by atoms with van der Waals surface area (Å²) >= 11 is 0. The van der Waals surface area contributed by atoms with Gasteiger partial charge in [0.05, 0.1) is 11.4 Å². The SMILES string of the molecule is C/C=C/C(=O)OCC(=O)N1c2ccccc2NC(=O)C1(C)C. The molecule has 1 aliphatic rings. The van der Waals surface area contributed by atoms with Crippen LogP contribution in [0.3, 0.4) is 0 Å². The lowest BCUT2D eigenvalue weighted by atomic mass is 9.96. The molecule has 0 radical (unpaired) electrons. The van der Waals surface area contributed by atoms with Gasteiger partial charge < -0.3 is 10.1 Å². The first-order valence-electron chi connectivity index (χ1n) is 6.91. The lowest BCUT2D eigenvalue weighted by Gasteiger charge is -2.41. The molecule has 22 heavy (non-hydrogen) atoms. The van der Waals surface area contributed by atoms with E-state index in [0.717, 1.165) is 0 Å². The third-order valence-electron chi connectivity index (χ3n) is 3.40. The summed E-state index contributed by atoms with van der Waals surface area (Å²) in [7, 11) is 0. The first kappa shape index (κ1) is 15.8. The summed E-state index contributed by atoms with van der Waals surface area (Å²) in [5, 5.41) is 2.77. The minimum atomic E-state index is -1.07. The molecule has 1 aromatic carbocycles. The van der Waals surface area contributed by atoms with Gasteiger partial charge in [-0.3, -0.25) is 14.5 Å². The number of esters is 1. The molecule has 6 nitrogen and oxygen atoms in total. The van der Waals surface area contributed by atoms with E-state index in [1.165, 1.54) is 17.1 Å². The van der Waals surface area contributed by atoms with Gasteiger partial charge in [-0.05, 0) is 32.9 Å². The number of para-hydroxylation sites is 2. The van der Waals surface area contributed by atoms with Gasteiger partial charge in [-0.2, -0.15) is 0 Å². The molecule has 1 aromatic rings. The Bertz CT molecular complexity index is 649. The predicted octanol–water partition coefficient (Wildman–Crippen LogP) is 1.87. The number of ether oxygens (including phenoxy) is 1. The highest BCUT2D eigenvalue weighted by Gasteiger charge is 2.43. The molecule has 2 amide bonds. The number of allylic oxidation sites excluding steroid dienone is 1. The number of benzene rings is 1. The molecular weight excluding hydrogens is 284 g/mol. The van der Waals surface area contributed by atoms with Crippen LogP contribution >= 0.6 is 0 Å². The van der Waals surface area contributed by atoms with E-state index in [1.807, 2.05) is 0 Å².